The highest BCUT2D eigenvalue weighted by Gasteiger charge is 2.03. The summed E-state index contributed by atoms with van der Waals surface area (Å²) in [6.07, 6.45) is 1.03. The zero-order chi connectivity index (χ0) is 8.69. The standard InChI is InChI=1S/C6H13N3O2/c1-8-2-3-9(5-7)4-6(10)11/h5,7-8H,2-4H2,1H3,(H,10,11). The van der Waals surface area contributed by atoms with Gasteiger partial charge in [-0.3, -0.25) is 10.2 Å². The van der Waals surface area contributed by atoms with Gasteiger partial charge in [-0.25, -0.2) is 0 Å². The Labute approximate surface area is 65.5 Å². The number of likely N-dealkylation sites (N-methyl/N-ethyl adjacent to an activating group) is 1. The van der Waals surface area contributed by atoms with Gasteiger partial charge >= 0.3 is 5.97 Å². The molecule has 0 aliphatic carbocycles. The van der Waals surface area contributed by atoms with E-state index in [0.717, 1.165) is 6.34 Å². The van der Waals surface area contributed by atoms with Gasteiger partial charge in [-0.15, -0.1) is 0 Å². The molecule has 5 heteroatoms. The number of carboxylic acids is 1. The van der Waals surface area contributed by atoms with E-state index in [1.807, 2.05) is 0 Å². The molecule has 5 nitrogen and oxygen atoms in total. The lowest BCUT2D eigenvalue weighted by atomic mass is 10.5. The molecule has 3 N–H and O–H groups in total. The van der Waals surface area contributed by atoms with Crippen molar-refractivity contribution in [1.82, 2.24) is 10.2 Å². The van der Waals surface area contributed by atoms with Crippen molar-refractivity contribution < 1.29 is 9.90 Å². The SMILES string of the molecule is CNCCN(C=N)CC(=O)O. The number of carbonyl (C=O) groups is 1. The highest BCUT2D eigenvalue weighted by atomic mass is 16.4. The van der Waals surface area contributed by atoms with Crippen LogP contribution in [-0.4, -0.2) is 49.0 Å². The molecule has 0 aromatic heterocycles. The number of hydrogen-bond donors (Lipinski definition) is 3. The van der Waals surface area contributed by atoms with Crippen LogP contribution in [0.3, 0.4) is 0 Å². The molecule has 0 unspecified atom stereocenters. The van der Waals surface area contributed by atoms with Crippen LogP contribution in [0, 0.1) is 5.41 Å². The summed E-state index contributed by atoms with van der Waals surface area (Å²) in [7, 11) is 1.78. The first-order valence-electron chi connectivity index (χ1n) is 3.31. The average molecular weight is 159 g/mol. The van der Waals surface area contributed by atoms with E-state index in [0.29, 0.717) is 13.1 Å². The van der Waals surface area contributed by atoms with Crippen molar-refractivity contribution in [2.75, 3.05) is 26.7 Å². The molecule has 0 atom stereocenters. The van der Waals surface area contributed by atoms with E-state index in [1.165, 1.54) is 4.90 Å². The van der Waals surface area contributed by atoms with Gasteiger partial charge in [0.15, 0.2) is 0 Å². The van der Waals surface area contributed by atoms with Gasteiger partial charge in [0.25, 0.3) is 0 Å². The monoisotopic (exact) mass is 159 g/mol. The molecule has 0 fully saturated rings. The second-order valence-electron chi connectivity index (χ2n) is 2.10. The summed E-state index contributed by atoms with van der Waals surface area (Å²) in [6.45, 7) is 1.13. The first-order chi connectivity index (χ1) is 5.20. The van der Waals surface area contributed by atoms with Crippen LogP contribution in [0.1, 0.15) is 0 Å². The zero-order valence-electron chi connectivity index (χ0n) is 6.50. The number of aliphatic carboxylic acids is 1. The predicted octanol–water partition coefficient (Wildman–Crippen LogP) is -0.801. The molecule has 0 heterocycles. The number of nitrogens with one attached hydrogen (secondary N) is 2. The van der Waals surface area contributed by atoms with E-state index in [-0.39, 0.29) is 6.54 Å². The summed E-state index contributed by atoms with van der Waals surface area (Å²) in [5.74, 6) is -0.912. The smallest absolute Gasteiger partial charge is 0.323 e. The molecule has 0 aliphatic rings. The van der Waals surface area contributed by atoms with E-state index in [4.69, 9.17) is 10.5 Å². The third kappa shape index (κ3) is 5.35. The Bertz CT molecular complexity index is 138. The van der Waals surface area contributed by atoms with Crippen LogP contribution in [0.15, 0.2) is 0 Å². The van der Waals surface area contributed by atoms with Crippen molar-refractivity contribution in [3.63, 3.8) is 0 Å². The lowest BCUT2D eigenvalue weighted by Crippen LogP contribution is -2.33. The minimum Gasteiger partial charge on any atom is -0.480 e. The van der Waals surface area contributed by atoms with Gasteiger partial charge in [-0.2, -0.15) is 0 Å². The van der Waals surface area contributed by atoms with Crippen molar-refractivity contribution in [1.29, 1.82) is 5.41 Å². The molecule has 0 aromatic carbocycles. The molecule has 0 radical (unpaired) electrons. The molecule has 0 saturated carbocycles. The Balaban J connectivity index is 3.57. The van der Waals surface area contributed by atoms with Crippen LogP contribution in [0.2, 0.25) is 0 Å². The number of rotatable bonds is 6. The lowest BCUT2D eigenvalue weighted by molar-refractivity contribution is -0.137. The minimum atomic E-state index is -0.912. The molecular weight excluding hydrogens is 146 g/mol. The van der Waals surface area contributed by atoms with Crippen molar-refractivity contribution in [2.45, 2.75) is 0 Å². The number of hydrogen-bond acceptors (Lipinski definition) is 3. The second-order valence-corrected chi connectivity index (χ2v) is 2.10. The van der Waals surface area contributed by atoms with Gasteiger partial charge in [0.1, 0.15) is 6.54 Å². The summed E-state index contributed by atoms with van der Waals surface area (Å²) in [5, 5.41) is 18.1. The Kier molecular flexibility index (Phi) is 5.10. The number of nitrogens with zero attached hydrogens (tertiary/aromatic N) is 1. The maximum Gasteiger partial charge on any atom is 0.323 e. The molecule has 0 saturated heterocycles. The van der Waals surface area contributed by atoms with Gasteiger partial charge in [0, 0.05) is 13.1 Å². The highest BCUT2D eigenvalue weighted by molar-refractivity contribution is 5.72. The first kappa shape index (κ1) is 9.90. The molecule has 0 bridgehead atoms. The van der Waals surface area contributed by atoms with Gasteiger partial charge < -0.3 is 15.3 Å². The van der Waals surface area contributed by atoms with Crippen molar-refractivity contribution in [3.8, 4) is 0 Å². The van der Waals surface area contributed by atoms with Crippen LogP contribution in [0.4, 0.5) is 0 Å². The topological polar surface area (TPSA) is 76.4 Å². The fraction of sp³-hybridized carbons (Fsp3) is 0.667. The molecule has 0 spiro atoms. The summed E-state index contributed by atoms with van der Waals surface area (Å²) >= 11 is 0. The fourth-order valence-corrected chi connectivity index (χ4v) is 0.618. The molecule has 0 amide bonds. The molecule has 0 rings (SSSR count). The zero-order valence-corrected chi connectivity index (χ0v) is 6.50. The second kappa shape index (κ2) is 5.67. The van der Waals surface area contributed by atoms with Crippen molar-refractivity contribution in [3.05, 3.63) is 0 Å². The lowest BCUT2D eigenvalue weighted by Gasteiger charge is -2.15. The summed E-state index contributed by atoms with van der Waals surface area (Å²) in [5.41, 5.74) is 0. The Hall–Kier alpha value is -1.10. The minimum absolute atomic E-state index is 0.106. The van der Waals surface area contributed by atoms with Crippen molar-refractivity contribution in [2.24, 2.45) is 0 Å². The van der Waals surface area contributed by atoms with Crippen LogP contribution >= 0.6 is 0 Å². The molecule has 0 aliphatic heterocycles. The Morgan fingerprint density at radius 3 is 2.82 bits per heavy atom. The number of carboxylic acid groups (broad SMARTS) is 1. The molecule has 0 aromatic rings. The van der Waals surface area contributed by atoms with Gasteiger partial charge in [-0.05, 0) is 7.05 Å². The van der Waals surface area contributed by atoms with Crippen LogP contribution < -0.4 is 5.32 Å². The maximum atomic E-state index is 10.2. The predicted molar refractivity (Wildman–Crippen MR) is 41.9 cm³/mol. The van der Waals surface area contributed by atoms with E-state index < -0.39 is 5.97 Å². The van der Waals surface area contributed by atoms with Gasteiger partial charge in [0.05, 0.1) is 6.34 Å². The van der Waals surface area contributed by atoms with Gasteiger partial charge in [-0.1, -0.05) is 0 Å². The first-order valence-corrected chi connectivity index (χ1v) is 3.31. The van der Waals surface area contributed by atoms with E-state index in [1.54, 1.807) is 7.05 Å². The Morgan fingerprint density at radius 1 is 1.82 bits per heavy atom. The summed E-state index contributed by atoms with van der Waals surface area (Å²) < 4.78 is 0. The summed E-state index contributed by atoms with van der Waals surface area (Å²) in [4.78, 5) is 11.6. The van der Waals surface area contributed by atoms with Gasteiger partial charge in [0.2, 0.25) is 0 Å². The van der Waals surface area contributed by atoms with E-state index in [2.05, 4.69) is 5.32 Å². The quantitative estimate of drug-likeness (QED) is 0.350. The fourth-order valence-electron chi connectivity index (χ4n) is 0.618. The van der Waals surface area contributed by atoms with E-state index >= 15 is 0 Å². The van der Waals surface area contributed by atoms with Crippen LogP contribution in [0.25, 0.3) is 0 Å². The van der Waals surface area contributed by atoms with Crippen LogP contribution in [-0.2, 0) is 4.79 Å². The molecule has 11 heavy (non-hydrogen) atoms. The Morgan fingerprint density at radius 2 is 2.45 bits per heavy atom. The largest absolute Gasteiger partial charge is 0.480 e. The average Bonchev–Trinajstić information content (AvgIpc) is 1.97. The summed E-state index contributed by atoms with van der Waals surface area (Å²) in [6, 6.07) is 0. The molecular formula is C6H13N3O2. The van der Waals surface area contributed by atoms with Crippen LogP contribution in [0.5, 0.6) is 0 Å². The molecule has 64 valence electrons. The van der Waals surface area contributed by atoms with Crippen molar-refractivity contribution >= 4 is 12.3 Å². The third-order valence-electron chi connectivity index (χ3n) is 1.17. The third-order valence-corrected chi connectivity index (χ3v) is 1.17. The maximum absolute atomic E-state index is 10.2. The normalized spacial score (nSPS) is 9.18. The highest BCUT2D eigenvalue weighted by Crippen LogP contribution is 1.80. The van der Waals surface area contributed by atoms with E-state index in [9.17, 15) is 4.79 Å².